The van der Waals surface area contributed by atoms with Gasteiger partial charge in [0.05, 0.1) is 0 Å². The summed E-state index contributed by atoms with van der Waals surface area (Å²) < 4.78 is 40.9. The summed E-state index contributed by atoms with van der Waals surface area (Å²) >= 11 is 0. The number of hydrogen-bond donors (Lipinski definition) is 1. The van der Waals surface area contributed by atoms with Gasteiger partial charge in [-0.3, -0.25) is 0 Å². The van der Waals surface area contributed by atoms with E-state index in [2.05, 4.69) is 15.5 Å². The molecule has 4 nitrogen and oxygen atoms in total. The Hall–Kier alpha value is -1.11. The second-order valence-electron chi connectivity index (χ2n) is 4.29. The molecule has 1 aliphatic rings. The molecule has 0 saturated carbocycles. The van der Waals surface area contributed by atoms with Crippen molar-refractivity contribution in [2.24, 2.45) is 5.92 Å². The molecule has 1 atom stereocenters. The molecular formula is C10H14F3N3O. The van der Waals surface area contributed by atoms with Gasteiger partial charge >= 0.3 is 6.18 Å². The number of nitrogens with one attached hydrogen (secondary N) is 1. The molecule has 1 saturated heterocycles. The zero-order valence-corrected chi connectivity index (χ0v) is 9.26. The van der Waals surface area contributed by atoms with Gasteiger partial charge in [-0.2, -0.15) is 18.2 Å². The molecule has 7 heteroatoms. The molecule has 1 aliphatic heterocycles. The number of alkyl halides is 3. The van der Waals surface area contributed by atoms with Crippen molar-refractivity contribution in [3.63, 3.8) is 0 Å². The second kappa shape index (κ2) is 5.03. The third-order valence-electron chi connectivity index (χ3n) is 2.80. The van der Waals surface area contributed by atoms with Crippen LogP contribution in [0.4, 0.5) is 13.2 Å². The summed E-state index contributed by atoms with van der Waals surface area (Å²) in [5, 5.41) is 6.55. The number of hydrogen-bond acceptors (Lipinski definition) is 4. The molecule has 1 fully saturated rings. The highest BCUT2D eigenvalue weighted by molar-refractivity contribution is 4.89. The highest BCUT2D eigenvalue weighted by atomic mass is 19.4. The Kier molecular flexibility index (Phi) is 3.66. The zero-order valence-electron chi connectivity index (χ0n) is 9.26. The molecule has 0 radical (unpaired) electrons. The first-order valence-electron chi connectivity index (χ1n) is 5.62. The van der Waals surface area contributed by atoms with Crippen molar-refractivity contribution in [1.82, 2.24) is 15.5 Å². The van der Waals surface area contributed by atoms with Gasteiger partial charge in [-0.15, -0.1) is 0 Å². The zero-order chi connectivity index (χ0) is 12.3. The van der Waals surface area contributed by atoms with Gasteiger partial charge in [0.25, 0.3) is 0 Å². The minimum Gasteiger partial charge on any atom is -0.339 e. The number of rotatable bonds is 4. The maximum Gasteiger partial charge on any atom is 0.396 e. The predicted octanol–water partition coefficient (Wildman–Crippen LogP) is 1.72. The molecule has 96 valence electrons. The highest BCUT2D eigenvalue weighted by Crippen LogP contribution is 2.20. The smallest absolute Gasteiger partial charge is 0.339 e. The lowest BCUT2D eigenvalue weighted by Gasteiger charge is -2.04. The average Bonchev–Trinajstić information content (AvgIpc) is 2.82. The Balaban J connectivity index is 1.81. The van der Waals surface area contributed by atoms with Crippen LogP contribution in [-0.4, -0.2) is 29.4 Å². The van der Waals surface area contributed by atoms with E-state index in [0.29, 0.717) is 18.2 Å². The third kappa shape index (κ3) is 3.99. The Morgan fingerprint density at radius 2 is 2.24 bits per heavy atom. The van der Waals surface area contributed by atoms with E-state index in [-0.39, 0.29) is 5.82 Å². The Morgan fingerprint density at radius 3 is 2.88 bits per heavy atom. The maximum absolute atomic E-state index is 12.1. The summed E-state index contributed by atoms with van der Waals surface area (Å²) in [5.41, 5.74) is 0. The lowest BCUT2D eigenvalue weighted by molar-refractivity contribution is -0.128. The molecule has 2 rings (SSSR count). The van der Waals surface area contributed by atoms with Crippen LogP contribution < -0.4 is 5.32 Å². The lowest BCUT2D eigenvalue weighted by Crippen LogP contribution is -2.12. The Bertz CT molecular complexity index is 358. The summed E-state index contributed by atoms with van der Waals surface area (Å²) in [4.78, 5) is 3.74. The van der Waals surface area contributed by atoms with E-state index < -0.39 is 12.6 Å². The van der Waals surface area contributed by atoms with E-state index in [0.717, 1.165) is 25.9 Å². The SMILES string of the molecule is FC(F)(F)Cc1noc(CCC2CCNC2)n1. The normalized spacial score (nSPS) is 21.0. The van der Waals surface area contributed by atoms with Crippen molar-refractivity contribution in [2.45, 2.75) is 31.9 Å². The second-order valence-corrected chi connectivity index (χ2v) is 4.29. The van der Waals surface area contributed by atoms with Crippen LogP contribution in [0.3, 0.4) is 0 Å². The van der Waals surface area contributed by atoms with E-state index in [4.69, 9.17) is 4.52 Å². The van der Waals surface area contributed by atoms with Crippen LogP contribution in [0.25, 0.3) is 0 Å². The third-order valence-corrected chi connectivity index (χ3v) is 2.80. The average molecular weight is 249 g/mol. The first kappa shape index (κ1) is 12.3. The van der Waals surface area contributed by atoms with Crippen LogP contribution in [-0.2, 0) is 12.8 Å². The highest BCUT2D eigenvalue weighted by Gasteiger charge is 2.30. The molecule has 0 spiro atoms. The van der Waals surface area contributed by atoms with Crippen LogP contribution >= 0.6 is 0 Å². The summed E-state index contributed by atoms with van der Waals surface area (Å²) in [7, 11) is 0. The van der Waals surface area contributed by atoms with Crippen molar-refractivity contribution in [3.05, 3.63) is 11.7 Å². The first-order chi connectivity index (χ1) is 8.03. The van der Waals surface area contributed by atoms with Gasteiger partial charge in [0.2, 0.25) is 5.89 Å². The molecule has 0 amide bonds. The van der Waals surface area contributed by atoms with Crippen molar-refractivity contribution in [3.8, 4) is 0 Å². The van der Waals surface area contributed by atoms with E-state index in [1.54, 1.807) is 0 Å². The van der Waals surface area contributed by atoms with Crippen LogP contribution in [0, 0.1) is 5.92 Å². The number of aryl methyl sites for hydroxylation is 1. The molecule has 2 heterocycles. The van der Waals surface area contributed by atoms with Crippen molar-refractivity contribution in [1.29, 1.82) is 0 Å². The molecular weight excluding hydrogens is 235 g/mol. The van der Waals surface area contributed by atoms with Gasteiger partial charge in [-0.25, -0.2) is 0 Å². The Morgan fingerprint density at radius 1 is 1.41 bits per heavy atom. The van der Waals surface area contributed by atoms with Crippen molar-refractivity contribution >= 4 is 0 Å². The fourth-order valence-electron chi connectivity index (χ4n) is 1.93. The van der Waals surface area contributed by atoms with E-state index in [1.165, 1.54) is 0 Å². The summed E-state index contributed by atoms with van der Waals surface area (Å²) in [6.45, 7) is 1.97. The fraction of sp³-hybridized carbons (Fsp3) is 0.800. The van der Waals surface area contributed by atoms with Gasteiger partial charge in [0.15, 0.2) is 5.82 Å². The van der Waals surface area contributed by atoms with E-state index in [9.17, 15) is 13.2 Å². The van der Waals surface area contributed by atoms with E-state index >= 15 is 0 Å². The molecule has 1 unspecified atom stereocenters. The molecule has 0 bridgehead atoms. The molecule has 0 aliphatic carbocycles. The lowest BCUT2D eigenvalue weighted by atomic mass is 10.0. The number of halogens is 3. The standard InChI is InChI=1S/C10H14F3N3O/c11-10(12,13)5-8-15-9(17-16-8)2-1-7-3-4-14-6-7/h7,14H,1-6H2. The van der Waals surface area contributed by atoms with Gasteiger partial charge in [-0.1, -0.05) is 5.16 Å². The molecule has 1 N–H and O–H groups in total. The molecule has 1 aromatic rings. The minimum atomic E-state index is -4.28. The predicted molar refractivity (Wildman–Crippen MR) is 53.4 cm³/mol. The van der Waals surface area contributed by atoms with Gasteiger partial charge < -0.3 is 9.84 Å². The van der Waals surface area contributed by atoms with Crippen LogP contribution in [0.1, 0.15) is 24.6 Å². The van der Waals surface area contributed by atoms with Crippen LogP contribution in [0.2, 0.25) is 0 Å². The maximum atomic E-state index is 12.1. The summed E-state index contributed by atoms with van der Waals surface area (Å²) in [6.07, 6.45) is -2.88. The number of nitrogens with zero attached hydrogens (tertiary/aromatic N) is 2. The van der Waals surface area contributed by atoms with Gasteiger partial charge in [-0.05, 0) is 31.8 Å². The first-order valence-corrected chi connectivity index (χ1v) is 5.62. The van der Waals surface area contributed by atoms with Crippen molar-refractivity contribution < 1.29 is 17.7 Å². The van der Waals surface area contributed by atoms with Gasteiger partial charge in [0, 0.05) is 6.42 Å². The number of aromatic nitrogens is 2. The monoisotopic (exact) mass is 249 g/mol. The fourth-order valence-corrected chi connectivity index (χ4v) is 1.93. The molecule has 17 heavy (non-hydrogen) atoms. The topological polar surface area (TPSA) is 51.0 Å². The Labute approximate surface area is 96.6 Å². The van der Waals surface area contributed by atoms with Crippen molar-refractivity contribution in [2.75, 3.05) is 13.1 Å². The molecule has 0 aromatic carbocycles. The largest absolute Gasteiger partial charge is 0.396 e. The van der Waals surface area contributed by atoms with E-state index in [1.807, 2.05) is 0 Å². The van der Waals surface area contributed by atoms with Gasteiger partial charge in [0.1, 0.15) is 6.42 Å². The summed E-state index contributed by atoms with van der Waals surface area (Å²) in [5.74, 6) is 0.584. The summed E-state index contributed by atoms with van der Waals surface area (Å²) in [6, 6.07) is 0. The van der Waals surface area contributed by atoms with Crippen LogP contribution in [0.15, 0.2) is 4.52 Å². The quantitative estimate of drug-likeness (QED) is 0.882. The minimum absolute atomic E-state index is 0.281. The molecule has 1 aromatic heterocycles. The van der Waals surface area contributed by atoms with Crippen LogP contribution in [0.5, 0.6) is 0 Å².